The Kier molecular flexibility index (Phi) is 26.1. The minimum atomic E-state index is -5.42. The number of esters is 2. The lowest BCUT2D eigenvalue weighted by atomic mass is 10.0. The fraction of sp³-hybridized carbons (Fsp3) is 0.814. The van der Waals surface area contributed by atoms with Gasteiger partial charge in [0.05, 0.1) is 25.4 Å². The zero-order valence-electron chi connectivity index (χ0n) is 38.0. The van der Waals surface area contributed by atoms with Gasteiger partial charge >= 0.3 is 33.3 Å². The molecule has 64 heavy (non-hydrogen) atoms. The lowest BCUT2D eigenvalue weighted by Gasteiger charge is -2.21. The van der Waals surface area contributed by atoms with E-state index < -0.39 is 83.7 Å². The Morgan fingerprint density at radius 2 is 1.45 bits per heavy atom. The van der Waals surface area contributed by atoms with E-state index in [4.69, 9.17) is 33.7 Å². The molecule has 0 bridgehead atoms. The maximum atomic E-state index is 12.8. The average molecular weight is 952 g/mol. The summed E-state index contributed by atoms with van der Waals surface area (Å²) in [5, 5.41) is 20.9. The molecule has 21 heteroatoms. The molecule has 0 saturated carbocycles. The van der Waals surface area contributed by atoms with Gasteiger partial charge in [0.15, 0.2) is 12.3 Å². The number of allylic oxidation sites excluding steroid dienone is 1. The van der Waals surface area contributed by atoms with Crippen LogP contribution in [0.25, 0.3) is 0 Å². The number of aliphatic hydroxyl groups excluding tert-OH is 2. The van der Waals surface area contributed by atoms with E-state index >= 15 is 0 Å². The number of aromatic nitrogens is 2. The van der Waals surface area contributed by atoms with Crippen LogP contribution >= 0.6 is 15.6 Å². The molecule has 2 fully saturated rings. The van der Waals surface area contributed by atoms with Crippen LogP contribution in [0.3, 0.4) is 0 Å². The molecule has 0 spiro atoms. The van der Waals surface area contributed by atoms with Crippen LogP contribution < -0.4 is 11.4 Å². The number of ether oxygens (including phenoxy) is 4. The number of unbranched alkanes of at least 4 members (excludes halogenated alkanes) is 13. The first-order valence-corrected chi connectivity index (χ1v) is 26.2. The zero-order valence-corrected chi connectivity index (χ0v) is 39.7. The number of rotatable bonds is 36. The van der Waals surface area contributed by atoms with Gasteiger partial charge in [-0.15, -0.1) is 0 Å². The summed E-state index contributed by atoms with van der Waals surface area (Å²) in [4.78, 5) is 61.7. The van der Waals surface area contributed by atoms with Crippen LogP contribution in [0.5, 0.6) is 0 Å². The molecule has 0 aliphatic carbocycles. The van der Waals surface area contributed by atoms with Gasteiger partial charge in [-0.1, -0.05) is 116 Å². The highest BCUT2D eigenvalue weighted by Gasteiger charge is 2.46. The van der Waals surface area contributed by atoms with E-state index in [1.54, 1.807) is 0 Å². The first kappa shape index (κ1) is 55.8. The molecule has 3 heterocycles. The van der Waals surface area contributed by atoms with Crippen molar-refractivity contribution in [1.29, 1.82) is 0 Å². The average Bonchev–Trinajstić information content (AvgIpc) is 3.92. The van der Waals surface area contributed by atoms with Crippen LogP contribution in [0.1, 0.15) is 162 Å². The summed E-state index contributed by atoms with van der Waals surface area (Å²) in [5.74, 6) is -0.623. The molecular formula is C43H75N3O16P2. The lowest BCUT2D eigenvalue weighted by Crippen LogP contribution is -2.36. The normalized spacial score (nSPS) is 23.2. The molecule has 1 aromatic rings. The number of carbonyl (C=O) groups excluding carboxylic acids is 2. The van der Waals surface area contributed by atoms with Crippen molar-refractivity contribution in [3.05, 3.63) is 34.9 Å². The predicted octanol–water partition coefficient (Wildman–Crippen LogP) is 7.34. The minimum absolute atomic E-state index is 0.0292. The molecule has 0 aromatic carbocycles. The number of hydrogen-bond acceptors (Lipinski definition) is 16. The highest BCUT2D eigenvalue weighted by Crippen LogP contribution is 2.60. The first-order chi connectivity index (χ1) is 30.5. The van der Waals surface area contributed by atoms with E-state index in [1.807, 2.05) is 0 Å². The molecule has 0 radical (unpaired) electrons. The number of nitrogens with zero attached hydrogens (tertiary/aromatic N) is 2. The van der Waals surface area contributed by atoms with Crippen molar-refractivity contribution in [2.45, 2.75) is 198 Å². The van der Waals surface area contributed by atoms with E-state index in [0.29, 0.717) is 31.0 Å². The Labute approximate surface area is 378 Å². The van der Waals surface area contributed by atoms with E-state index in [-0.39, 0.29) is 18.7 Å². The van der Waals surface area contributed by atoms with Crippen molar-refractivity contribution < 1.29 is 71.0 Å². The molecule has 2 aliphatic heterocycles. The van der Waals surface area contributed by atoms with Crippen LogP contribution in [0.4, 0.5) is 5.82 Å². The molecule has 368 valence electrons. The maximum Gasteiger partial charge on any atom is 0.481 e. The van der Waals surface area contributed by atoms with E-state index in [2.05, 4.69) is 42.2 Å². The Bertz CT molecular complexity index is 1700. The summed E-state index contributed by atoms with van der Waals surface area (Å²) in [7, 11) is -10.8. The standard InChI is InChI=1S/C43H75N3O16P2/c1-4-5-6-7-13-18-23-34-35(60-34)24-19-14-11-16-21-26-39(48)59-33(29-56-38(47)25-20-15-10-8-9-12-17-22-32(2)3)30-57-63(52,53)62-64(54,55)58-31-36-40(49)41(50)42(61-36)46-28-27-37(44)45-43(46)51/h13,18,27-28,32-36,40-42,49-50H,4-12,14-17,19-26,29-31H2,1-3H3,(H,52,53)(H,54,55)(H2,44,45,51)/b18-13-/t33-,34?,35?,36-,40-,41-,42-/m1/s1. The number of hydrogen-bond donors (Lipinski definition) is 5. The van der Waals surface area contributed by atoms with Gasteiger partial charge in [0, 0.05) is 19.0 Å². The molecule has 2 aliphatic rings. The van der Waals surface area contributed by atoms with E-state index in [9.17, 15) is 43.5 Å². The smallest absolute Gasteiger partial charge is 0.462 e. The molecule has 4 unspecified atom stereocenters. The molecular weight excluding hydrogens is 876 g/mol. The topological polar surface area (TPSA) is 278 Å². The summed E-state index contributed by atoms with van der Waals surface area (Å²) < 4.78 is 62.4. The molecule has 9 atom stereocenters. The highest BCUT2D eigenvalue weighted by molar-refractivity contribution is 7.61. The van der Waals surface area contributed by atoms with Crippen LogP contribution in [0.15, 0.2) is 29.2 Å². The summed E-state index contributed by atoms with van der Waals surface area (Å²) in [6, 6.07) is 1.25. The second kappa shape index (κ2) is 30.0. The molecule has 0 amide bonds. The fourth-order valence-electron chi connectivity index (χ4n) is 7.21. The van der Waals surface area contributed by atoms with E-state index in [1.165, 1.54) is 44.6 Å². The van der Waals surface area contributed by atoms with Gasteiger partial charge in [-0.25, -0.2) is 13.9 Å². The third-order valence-electron chi connectivity index (χ3n) is 11.0. The van der Waals surface area contributed by atoms with Gasteiger partial charge in [0.25, 0.3) is 0 Å². The number of epoxide rings is 1. The molecule has 2 saturated heterocycles. The summed E-state index contributed by atoms with van der Waals surface area (Å²) in [5.41, 5.74) is 4.58. The monoisotopic (exact) mass is 951 g/mol. The second-order valence-corrected chi connectivity index (χ2v) is 20.2. The Balaban J connectivity index is 1.42. The number of nitrogen functional groups attached to an aromatic ring is 1. The Morgan fingerprint density at radius 1 is 0.812 bits per heavy atom. The van der Waals surface area contributed by atoms with Crippen molar-refractivity contribution >= 4 is 33.4 Å². The van der Waals surface area contributed by atoms with Crippen LogP contribution in [-0.4, -0.2) is 97.9 Å². The van der Waals surface area contributed by atoms with E-state index in [0.717, 1.165) is 81.4 Å². The SMILES string of the molecule is CCCCC/C=C\CC1OC1CCCCCCCC(=O)O[C@H](COC(=O)CCCCCCCCCC(C)C)COP(=O)(O)OP(=O)(O)OC[C@H]1O[C@@H](n2ccc(N)nc2=O)[C@H](O)[C@@H]1O. The number of anilines is 1. The van der Waals surface area contributed by atoms with Crippen LogP contribution in [0, 0.1) is 5.92 Å². The second-order valence-electron chi connectivity index (χ2n) is 17.1. The number of nitrogens with two attached hydrogens (primary N) is 1. The van der Waals surface area contributed by atoms with Gasteiger partial charge in [0.2, 0.25) is 0 Å². The van der Waals surface area contributed by atoms with Gasteiger partial charge < -0.3 is 44.7 Å². The van der Waals surface area contributed by atoms with Gasteiger partial charge in [0.1, 0.15) is 30.7 Å². The van der Waals surface area contributed by atoms with Crippen molar-refractivity contribution in [3.8, 4) is 0 Å². The number of phosphoric ester groups is 2. The maximum absolute atomic E-state index is 12.8. The quantitative estimate of drug-likeness (QED) is 0.0145. The van der Waals surface area contributed by atoms with Crippen molar-refractivity contribution in [2.24, 2.45) is 5.92 Å². The fourth-order valence-corrected chi connectivity index (χ4v) is 9.32. The molecule has 3 rings (SSSR count). The Hall–Kier alpha value is -2.54. The van der Waals surface area contributed by atoms with Gasteiger partial charge in [-0.3, -0.25) is 23.2 Å². The largest absolute Gasteiger partial charge is 0.481 e. The van der Waals surface area contributed by atoms with Gasteiger partial charge in [-0.2, -0.15) is 9.29 Å². The summed E-state index contributed by atoms with van der Waals surface area (Å²) >= 11 is 0. The third kappa shape index (κ3) is 23.3. The molecule has 6 N–H and O–H groups in total. The first-order valence-electron chi connectivity index (χ1n) is 23.2. The van der Waals surface area contributed by atoms with Crippen LogP contribution in [-0.2, 0) is 51.0 Å². The Morgan fingerprint density at radius 3 is 2.12 bits per heavy atom. The summed E-state index contributed by atoms with van der Waals surface area (Å²) in [6.45, 7) is 4.31. The van der Waals surface area contributed by atoms with Gasteiger partial charge in [-0.05, 0) is 50.5 Å². The summed E-state index contributed by atoms with van der Waals surface area (Å²) in [6.07, 6.45) is 17.8. The number of phosphoric acid groups is 2. The number of carbonyl (C=O) groups is 2. The molecule has 1 aromatic heterocycles. The lowest BCUT2D eigenvalue weighted by molar-refractivity contribution is -0.161. The molecule has 19 nitrogen and oxygen atoms in total. The van der Waals surface area contributed by atoms with Crippen molar-refractivity contribution in [2.75, 3.05) is 25.6 Å². The van der Waals surface area contributed by atoms with Crippen molar-refractivity contribution in [1.82, 2.24) is 9.55 Å². The zero-order chi connectivity index (χ0) is 47.0. The highest BCUT2D eigenvalue weighted by atomic mass is 31.3. The predicted molar refractivity (Wildman–Crippen MR) is 238 cm³/mol. The van der Waals surface area contributed by atoms with Crippen molar-refractivity contribution in [3.63, 3.8) is 0 Å². The third-order valence-corrected chi connectivity index (χ3v) is 13.6. The van der Waals surface area contributed by atoms with Crippen LogP contribution in [0.2, 0.25) is 0 Å². The number of aliphatic hydroxyl groups is 2. The minimum Gasteiger partial charge on any atom is -0.462 e.